The maximum atomic E-state index is 12.3. The van der Waals surface area contributed by atoms with Gasteiger partial charge < -0.3 is 10.1 Å². The van der Waals surface area contributed by atoms with Gasteiger partial charge in [-0.1, -0.05) is 18.2 Å². The van der Waals surface area contributed by atoms with Crippen LogP contribution in [0, 0.1) is 12.8 Å². The van der Waals surface area contributed by atoms with Crippen molar-refractivity contribution >= 4 is 22.9 Å². The minimum atomic E-state index is 0.110. The number of aryl methyl sites for hydroxylation is 1. The van der Waals surface area contributed by atoms with Crippen LogP contribution in [0.25, 0.3) is 10.4 Å². The fourth-order valence-electron chi connectivity index (χ4n) is 2.77. The largest absolute Gasteiger partial charge is 0.381 e. The molecule has 1 N–H and O–H groups in total. The van der Waals surface area contributed by atoms with E-state index in [4.69, 9.17) is 4.74 Å². The minimum Gasteiger partial charge on any atom is -0.381 e. The highest BCUT2D eigenvalue weighted by Crippen LogP contribution is 2.29. The standard InChI is InChI=1S/C18H21NO2S/c1-13-4-5-15(17-3-2-10-22-17)12-16(13)19-18(20)11-14-6-8-21-9-7-14/h2-5,10,12,14H,6-9,11H2,1H3,(H,19,20). The Hall–Kier alpha value is -1.65. The lowest BCUT2D eigenvalue weighted by Gasteiger charge is -2.21. The summed E-state index contributed by atoms with van der Waals surface area (Å²) in [6, 6.07) is 10.4. The normalized spacial score (nSPS) is 15.7. The Morgan fingerprint density at radius 1 is 1.32 bits per heavy atom. The molecule has 1 amide bonds. The zero-order valence-corrected chi connectivity index (χ0v) is 13.6. The van der Waals surface area contributed by atoms with Gasteiger partial charge in [0.25, 0.3) is 0 Å². The molecule has 1 saturated heterocycles. The summed E-state index contributed by atoms with van der Waals surface area (Å²) < 4.78 is 5.35. The SMILES string of the molecule is Cc1ccc(-c2cccs2)cc1NC(=O)CC1CCOCC1. The summed E-state index contributed by atoms with van der Waals surface area (Å²) in [5, 5.41) is 5.15. The van der Waals surface area contributed by atoms with E-state index in [1.165, 1.54) is 4.88 Å². The van der Waals surface area contributed by atoms with Crippen molar-refractivity contribution in [2.45, 2.75) is 26.2 Å². The number of hydrogen-bond donors (Lipinski definition) is 1. The molecule has 0 atom stereocenters. The Labute approximate surface area is 135 Å². The average Bonchev–Trinajstić information content (AvgIpc) is 3.05. The van der Waals surface area contributed by atoms with Gasteiger partial charge in [-0.05, 0) is 54.3 Å². The molecule has 0 radical (unpaired) electrons. The second-order valence-electron chi connectivity index (χ2n) is 5.82. The van der Waals surface area contributed by atoms with E-state index < -0.39 is 0 Å². The second-order valence-corrected chi connectivity index (χ2v) is 6.76. The van der Waals surface area contributed by atoms with Gasteiger partial charge in [-0.25, -0.2) is 0 Å². The van der Waals surface area contributed by atoms with Crippen LogP contribution in [0.15, 0.2) is 35.7 Å². The van der Waals surface area contributed by atoms with E-state index >= 15 is 0 Å². The molecule has 1 aromatic heterocycles. The highest BCUT2D eigenvalue weighted by atomic mass is 32.1. The quantitative estimate of drug-likeness (QED) is 0.903. The van der Waals surface area contributed by atoms with Gasteiger partial charge in [0.05, 0.1) is 0 Å². The van der Waals surface area contributed by atoms with Crippen LogP contribution in [0.3, 0.4) is 0 Å². The number of carbonyl (C=O) groups is 1. The van der Waals surface area contributed by atoms with Crippen molar-refractivity contribution in [1.29, 1.82) is 0 Å². The van der Waals surface area contributed by atoms with Gasteiger partial charge in [0.1, 0.15) is 0 Å². The Kier molecular flexibility index (Phi) is 4.90. The third-order valence-electron chi connectivity index (χ3n) is 4.13. The first kappa shape index (κ1) is 15.3. The number of rotatable bonds is 4. The van der Waals surface area contributed by atoms with Crippen molar-refractivity contribution in [2.24, 2.45) is 5.92 Å². The van der Waals surface area contributed by atoms with Crippen molar-refractivity contribution in [3.8, 4) is 10.4 Å². The molecule has 2 aromatic rings. The number of hydrogen-bond acceptors (Lipinski definition) is 3. The summed E-state index contributed by atoms with van der Waals surface area (Å²) >= 11 is 1.71. The molecule has 0 aliphatic carbocycles. The van der Waals surface area contributed by atoms with Gasteiger partial charge in [0.2, 0.25) is 5.91 Å². The van der Waals surface area contributed by atoms with Crippen LogP contribution in [0.2, 0.25) is 0 Å². The highest BCUT2D eigenvalue weighted by molar-refractivity contribution is 7.13. The van der Waals surface area contributed by atoms with E-state index in [0.717, 1.165) is 42.9 Å². The van der Waals surface area contributed by atoms with Crippen LogP contribution in [-0.2, 0) is 9.53 Å². The van der Waals surface area contributed by atoms with Crippen LogP contribution >= 0.6 is 11.3 Å². The van der Waals surface area contributed by atoms with Crippen LogP contribution in [-0.4, -0.2) is 19.1 Å². The summed E-state index contributed by atoms with van der Waals surface area (Å²) in [6.45, 7) is 3.60. The van der Waals surface area contributed by atoms with E-state index in [1.54, 1.807) is 11.3 Å². The van der Waals surface area contributed by atoms with Gasteiger partial charge in [-0.15, -0.1) is 11.3 Å². The average molecular weight is 315 g/mol. The van der Waals surface area contributed by atoms with Crippen LogP contribution in [0.4, 0.5) is 5.69 Å². The zero-order valence-electron chi connectivity index (χ0n) is 12.8. The molecule has 1 aliphatic rings. The summed E-state index contributed by atoms with van der Waals surface area (Å²) in [6.07, 6.45) is 2.56. The van der Waals surface area contributed by atoms with Crippen molar-refractivity contribution in [2.75, 3.05) is 18.5 Å². The molecule has 4 heteroatoms. The van der Waals surface area contributed by atoms with Crippen LogP contribution in [0.1, 0.15) is 24.8 Å². The molecule has 116 valence electrons. The molecule has 1 aliphatic heterocycles. The molecule has 0 unspecified atom stereocenters. The lowest BCUT2D eigenvalue weighted by molar-refractivity contribution is -0.117. The molecule has 1 aromatic carbocycles. The molecule has 3 nitrogen and oxygen atoms in total. The topological polar surface area (TPSA) is 38.3 Å². The summed E-state index contributed by atoms with van der Waals surface area (Å²) in [5.74, 6) is 0.563. The van der Waals surface area contributed by atoms with Gasteiger partial charge in [-0.2, -0.15) is 0 Å². The number of amides is 1. The molecule has 2 heterocycles. The third kappa shape index (κ3) is 3.76. The number of ether oxygens (including phenoxy) is 1. The first-order chi connectivity index (χ1) is 10.7. The summed E-state index contributed by atoms with van der Waals surface area (Å²) in [5.41, 5.74) is 3.17. The minimum absolute atomic E-state index is 0.110. The first-order valence-corrected chi connectivity index (χ1v) is 8.62. The van der Waals surface area contributed by atoms with E-state index in [9.17, 15) is 4.79 Å². The molecule has 0 spiro atoms. The number of benzene rings is 1. The van der Waals surface area contributed by atoms with Gasteiger partial charge >= 0.3 is 0 Å². The predicted molar refractivity (Wildman–Crippen MR) is 91.3 cm³/mol. The lowest BCUT2D eigenvalue weighted by atomic mass is 9.96. The molecule has 0 saturated carbocycles. The van der Waals surface area contributed by atoms with Crippen LogP contribution in [0.5, 0.6) is 0 Å². The van der Waals surface area contributed by atoms with Crippen molar-refractivity contribution in [3.63, 3.8) is 0 Å². The Morgan fingerprint density at radius 3 is 2.86 bits per heavy atom. The predicted octanol–water partition coefficient (Wildman–Crippen LogP) is 4.48. The zero-order chi connectivity index (χ0) is 15.4. The lowest BCUT2D eigenvalue weighted by Crippen LogP contribution is -2.22. The fraction of sp³-hybridized carbons (Fsp3) is 0.389. The second kappa shape index (κ2) is 7.07. The molecule has 0 bridgehead atoms. The Balaban J connectivity index is 1.68. The summed E-state index contributed by atoms with van der Waals surface area (Å²) in [4.78, 5) is 13.5. The van der Waals surface area contributed by atoms with Crippen LogP contribution < -0.4 is 5.32 Å². The monoisotopic (exact) mass is 315 g/mol. The van der Waals surface area contributed by atoms with Crippen molar-refractivity contribution < 1.29 is 9.53 Å². The van der Waals surface area contributed by atoms with E-state index in [2.05, 4.69) is 35.0 Å². The molecule has 22 heavy (non-hydrogen) atoms. The van der Waals surface area contributed by atoms with Gasteiger partial charge in [0, 0.05) is 30.2 Å². The van der Waals surface area contributed by atoms with Crippen molar-refractivity contribution in [1.82, 2.24) is 0 Å². The van der Waals surface area contributed by atoms with Crippen molar-refractivity contribution in [3.05, 3.63) is 41.3 Å². The third-order valence-corrected chi connectivity index (χ3v) is 5.05. The first-order valence-electron chi connectivity index (χ1n) is 7.74. The van der Waals surface area contributed by atoms with E-state index in [1.807, 2.05) is 13.0 Å². The van der Waals surface area contributed by atoms with E-state index in [-0.39, 0.29) is 5.91 Å². The fourth-order valence-corrected chi connectivity index (χ4v) is 3.49. The number of carbonyl (C=O) groups excluding carboxylic acids is 1. The molecular formula is C18H21NO2S. The number of thiophene rings is 1. The van der Waals surface area contributed by atoms with E-state index in [0.29, 0.717) is 12.3 Å². The number of anilines is 1. The summed E-state index contributed by atoms with van der Waals surface area (Å²) in [7, 11) is 0. The maximum Gasteiger partial charge on any atom is 0.224 e. The van der Waals surface area contributed by atoms with Gasteiger partial charge in [-0.3, -0.25) is 4.79 Å². The molecule has 3 rings (SSSR count). The van der Waals surface area contributed by atoms with Gasteiger partial charge in [0.15, 0.2) is 0 Å². The molecule has 1 fully saturated rings. The Morgan fingerprint density at radius 2 is 2.14 bits per heavy atom. The highest BCUT2D eigenvalue weighted by Gasteiger charge is 2.18. The Bertz CT molecular complexity index is 631. The number of nitrogens with one attached hydrogen (secondary N) is 1. The smallest absolute Gasteiger partial charge is 0.224 e. The maximum absolute atomic E-state index is 12.3. The molecular weight excluding hydrogens is 294 g/mol.